The van der Waals surface area contributed by atoms with Gasteiger partial charge in [-0.1, -0.05) is 22.9 Å². The number of aliphatic imine (C=N–C) groups is 1. The monoisotopic (exact) mass is 491 g/mol. The van der Waals surface area contributed by atoms with Crippen molar-refractivity contribution in [1.82, 2.24) is 15.1 Å². The van der Waals surface area contributed by atoms with Crippen LogP contribution in [0.4, 0.5) is 9.93 Å². The third kappa shape index (κ3) is 6.91. The van der Waals surface area contributed by atoms with Gasteiger partial charge in [0, 0.05) is 25.1 Å². The molecule has 1 aromatic heterocycles. The molecule has 2 heterocycles. The van der Waals surface area contributed by atoms with E-state index in [-0.39, 0.29) is 12.2 Å². The van der Waals surface area contributed by atoms with Crippen LogP contribution in [0, 0.1) is 0 Å². The third-order valence-electron chi connectivity index (χ3n) is 4.68. The highest BCUT2D eigenvalue weighted by molar-refractivity contribution is 7.18. The lowest BCUT2D eigenvalue weighted by Gasteiger charge is -2.26. The molecule has 0 spiro atoms. The Morgan fingerprint density at radius 3 is 2.64 bits per heavy atom. The fourth-order valence-corrected chi connectivity index (χ4v) is 4.17. The van der Waals surface area contributed by atoms with Gasteiger partial charge in [-0.05, 0) is 71.0 Å². The van der Waals surface area contributed by atoms with E-state index in [1.165, 1.54) is 11.3 Å². The van der Waals surface area contributed by atoms with Crippen LogP contribution in [-0.2, 0) is 4.74 Å². The molecule has 0 saturated carbocycles. The summed E-state index contributed by atoms with van der Waals surface area (Å²) >= 11 is 7.72. The molecule has 1 saturated heterocycles. The quantitative estimate of drug-likeness (QED) is 0.597. The first-order chi connectivity index (χ1) is 15.6. The van der Waals surface area contributed by atoms with Gasteiger partial charge in [-0.15, -0.1) is 10.2 Å². The van der Waals surface area contributed by atoms with E-state index in [2.05, 4.69) is 10.2 Å². The molecule has 1 fully saturated rings. The first-order valence-electron chi connectivity index (χ1n) is 10.8. The van der Waals surface area contributed by atoms with E-state index < -0.39 is 5.60 Å². The van der Waals surface area contributed by atoms with Crippen LogP contribution in [0.15, 0.2) is 35.0 Å². The molecule has 1 amide bonds. The Hall–Kier alpha value is -2.65. The average Bonchev–Trinajstić information content (AvgIpc) is 3.08. The van der Waals surface area contributed by atoms with E-state index in [0.717, 1.165) is 16.8 Å². The van der Waals surface area contributed by atoms with E-state index >= 15 is 0 Å². The number of hydrogen-bond acceptors (Lipinski definition) is 8. The van der Waals surface area contributed by atoms with E-state index in [1.807, 2.05) is 52.8 Å². The maximum Gasteiger partial charge on any atom is 0.410 e. The second kappa shape index (κ2) is 10.5. The summed E-state index contributed by atoms with van der Waals surface area (Å²) in [7, 11) is 0. The Morgan fingerprint density at radius 2 is 2.00 bits per heavy atom. The highest BCUT2D eigenvalue weighted by Gasteiger charge is 2.25. The molecule has 1 aliphatic heterocycles. The zero-order valence-electron chi connectivity index (χ0n) is 19.6. The van der Waals surface area contributed by atoms with Gasteiger partial charge < -0.3 is 20.1 Å². The second-order valence-electron chi connectivity index (χ2n) is 8.92. The molecule has 3 rings (SSSR count). The number of ether oxygens (including phenoxy) is 2. The summed E-state index contributed by atoms with van der Waals surface area (Å²) in [6.45, 7) is 10.5. The molecule has 1 aliphatic rings. The highest BCUT2D eigenvalue weighted by atomic mass is 35.5. The minimum absolute atomic E-state index is 0.0351. The number of amides is 1. The van der Waals surface area contributed by atoms with Crippen molar-refractivity contribution in [2.24, 2.45) is 10.7 Å². The fraction of sp³-hybridized carbons (Fsp3) is 0.478. The lowest BCUT2D eigenvalue weighted by atomic mass is 10.1. The molecule has 2 aromatic rings. The number of carbonyl (C=O) groups is 1. The van der Waals surface area contributed by atoms with Crippen LogP contribution in [0.2, 0.25) is 5.02 Å². The summed E-state index contributed by atoms with van der Waals surface area (Å²) in [6, 6.07) is 5.54. The highest BCUT2D eigenvalue weighted by Crippen LogP contribution is 2.34. The number of carbonyl (C=O) groups excluding carboxylic acids is 1. The molecule has 0 bridgehead atoms. The molecule has 0 aliphatic carbocycles. The Bertz CT molecular complexity index is 1060. The van der Waals surface area contributed by atoms with Crippen LogP contribution >= 0.6 is 22.9 Å². The van der Waals surface area contributed by atoms with Gasteiger partial charge in [-0.2, -0.15) is 0 Å². The molecule has 0 atom stereocenters. The zero-order chi connectivity index (χ0) is 24.2. The largest absolute Gasteiger partial charge is 0.489 e. The topological polar surface area (TPSA) is 103 Å². The van der Waals surface area contributed by atoms with Crippen LogP contribution in [0.1, 0.15) is 47.5 Å². The van der Waals surface area contributed by atoms with E-state index in [0.29, 0.717) is 46.8 Å². The van der Waals surface area contributed by atoms with Crippen LogP contribution in [0.5, 0.6) is 5.75 Å². The second-order valence-corrected chi connectivity index (χ2v) is 10.3. The predicted molar refractivity (Wildman–Crippen MR) is 133 cm³/mol. The summed E-state index contributed by atoms with van der Waals surface area (Å²) in [5, 5.41) is 10.2. The molecule has 33 heavy (non-hydrogen) atoms. The van der Waals surface area contributed by atoms with Crippen LogP contribution in [0.25, 0.3) is 10.6 Å². The number of likely N-dealkylation sites (tertiary alicyclic amines) is 1. The minimum Gasteiger partial charge on any atom is -0.489 e. The first kappa shape index (κ1) is 25.0. The van der Waals surface area contributed by atoms with Gasteiger partial charge in [0.25, 0.3) is 0 Å². The van der Waals surface area contributed by atoms with Crippen molar-refractivity contribution >= 4 is 39.9 Å². The molecule has 0 radical (unpaired) electrons. The number of halogens is 1. The maximum atomic E-state index is 12.5. The van der Waals surface area contributed by atoms with Gasteiger partial charge in [0.05, 0.1) is 16.8 Å². The van der Waals surface area contributed by atoms with Crippen LogP contribution < -0.4 is 10.5 Å². The summed E-state index contributed by atoms with van der Waals surface area (Å²) in [6.07, 6.45) is 2.39. The van der Waals surface area contributed by atoms with Crippen molar-refractivity contribution in [3.63, 3.8) is 0 Å². The summed E-state index contributed by atoms with van der Waals surface area (Å²) in [4.78, 5) is 18.9. The van der Waals surface area contributed by atoms with Gasteiger partial charge in [-0.3, -0.25) is 0 Å². The van der Waals surface area contributed by atoms with Crippen molar-refractivity contribution in [1.29, 1.82) is 0 Å². The molecule has 178 valence electrons. The molecular formula is C23H30ClN5O3S. The van der Waals surface area contributed by atoms with Gasteiger partial charge in [0.1, 0.15) is 16.4 Å². The number of benzene rings is 1. The number of rotatable bonds is 4. The standard InChI is InChI=1S/C23H30ClN5O3S/c1-14(2)31-19-7-6-15(12-17(19)24)20-27-28-21(33-20)26-18-9-11-29(10-8-16(18)13-25)22(30)32-23(3,4)5/h6-7,12-14H,8-11,25H2,1-5H3. The van der Waals surface area contributed by atoms with Crippen molar-refractivity contribution in [3.05, 3.63) is 35.0 Å². The van der Waals surface area contributed by atoms with E-state index in [4.69, 9.17) is 31.8 Å². The van der Waals surface area contributed by atoms with Gasteiger partial charge >= 0.3 is 6.09 Å². The molecule has 0 unspecified atom stereocenters. The molecule has 8 nitrogen and oxygen atoms in total. The zero-order valence-corrected chi connectivity index (χ0v) is 21.2. The van der Waals surface area contributed by atoms with E-state index in [1.54, 1.807) is 11.1 Å². The van der Waals surface area contributed by atoms with Crippen molar-refractivity contribution in [2.45, 2.75) is 59.2 Å². The number of hydrogen-bond donors (Lipinski definition) is 1. The van der Waals surface area contributed by atoms with Crippen LogP contribution in [0.3, 0.4) is 0 Å². The third-order valence-corrected chi connectivity index (χ3v) is 5.84. The van der Waals surface area contributed by atoms with E-state index in [9.17, 15) is 4.79 Å². The lowest BCUT2D eigenvalue weighted by molar-refractivity contribution is 0.0261. The molecule has 10 heteroatoms. The van der Waals surface area contributed by atoms with Gasteiger partial charge in [-0.25, -0.2) is 9.79 Å². The van der Waals surface area contributed by atoms with Crippen molar-refractivity contribution in [2.75, 3.05) is 13.1 Å². The SMILES string of the molecule is CC(C)Oc1ccc(-c2nnc(N=C3CCN(C(=O)OC(C)(C)C)CCC3=CN)s2)cc1Cl. The Morgan fingerprint density at radius 1 is 1.27 bits per heavy atom. The van der Waals surface area contributed by atoms with Crippen molar-refractivity contribution in [3.8, 4) is 16.3 Å². The lowest BCUT2D eigenvalue weighted by Crippen LogP contribution is -2.37. The Labute approximate surface area is 203 Å². The molecule has 1 aromatic carbocycles. The number of aromatic nitrogens is 2. The molecule has 2 N–H and O–H groups in total. The predicted octanol–water partition coefficient (Wildman–Crippen LogP) is 5.59. The molecular weight excluding hydrogens is 462 g/mol. The number of nitrogens with two attached hydrogens (primary N) is 1. The van der Waals surface area contributed by atoms with Crippen LogP contribution in [-0.4, -0.2) is 51.7 Å². The smallest absolute Gasteiger partial charge is 0.410 e. The maximum absolute atomic E-state index is 12.5. The minimum atomic E-state index is -0.544. The average molecular weight is 492 g/mol. The Kier molecular flexibility index (Phi) is 7.97. The summed E-state index contributed by atoms with van der Waals surface area (Å²) in [5.74, 6) is 0.631. The van der Waals surface area contributed by atoms with Gasteiger partial charge in [0.2, 0.25) is 5.13 Å². The number of nitrogens with zero attached hydrogens (tertiary/aromatic N) is 4. The van der Waals surface area contributed by atoms with Crippen molar-refractivity contribution < 1.29 is 14.3 Å². The first-order valence-corrected chi connectivity index (χ1v) is 12.0. The normalized spacial score (nSPS) is 17.5. The fourth-order valence-electron chi connectivity index (χ4n) is 3.21. The Balaban J connectivity index is 1.76. The summed E-state index contributed by atoms with van der Waals surface area (Å²) in [5.41, 5.74) is 7.84. The van der Waals surface area contributed by atoms with Gasteiger partial charge in [0.15, 0.2) is 0 Å². The summed E-state index contributed by atoms with van der Waals surface area (Å²) < 4.78 is 11.2.